The maximum atomic E-state index is 13.4. The standard InChI is InChI=1S/C24H18FNO3/c1-15-7-9-16(10-8-15)21-20(22(27)17-5-3-2-4-6-17)23(28)24(29)26(21)19-13-11-18(25)12-14-19/h2-14,21,27H,1H3/b22-20-. The van der Waals surface area contributed by atoms with E-state index < -0.39 is 23.5 Å². The van der Waals surface area contributed by atoms with Crippen molar-refractivity contribution in [1.82, 2.24) is 0 Å². The number of carbonyl (C=O) groups is 2. The molecule has 1 N–H and O–H groups in total. The third kappa shape index (κ3) is 3.31. The van der Waals surface area contributed by atoms with Gasteiger partial charge in [-0.1, -0.05) is 60.2 Å². The largest absolute Gasteiger partial charge is 0.507 e. The highest BCUT2D eigenvalue weighted by Gasteiger charge is 2.46. The molecular formula is C24H18FNO3. The third-order valence-corrected chi connectivity index (χ3v) is 4.99. The number of aryl methyl sites for hydroxylation is 1. The van der Waals surface area contributed by atoms with Crippen molar-refractivity contribution in [2.45, 2.75) is 13.0 Å². The van der Waals surface area contributed by atoms with Crippen molar-refractivity contribution in [3.8, 4) is 0 Å². The molecule has 1 fully saturated rings. The molecule has 1 atom stereocenters. The Hall–Kier alpha value is -3.73. The van der Waals surface area contributed by atoms with Gasteiger partial charge in [0.1, 0.15) is 11.6 Å². The summed E-state index contributed by atoms with van der Waals surface area (Å²) >= 11 is 0. The number of carbonyl (C=O) groups excluding carboxylic acids is 2. The van der Waals surface area contributed by atoms with Gasteiger partial charge in [0, 0.05) is 11.3 Å². The zero-order valence-electron chi connectivity index (χ0n) is 15.7. The smallest absolute Gasteiger partial charge is 0.300 e. The minimum atomic E-state index is -0.818. The molecule has 5 heteroatoms. The number of hydrogen-bond acceptors (Lipinski definition) is 3. The van der Waals surface area contributed by atoms with Crippen molar-refractivity contribution in [1.29, 1.82) is 0 Å². The molecule has 0 bridgehead atoms. The zero-order valence-corrected chi connectivity index (χ0v) is 15.7. The monoisotopic (exact) mass is 387 g/mol. The van der Waals surface area contributed by atoms with Gasteiger partial charge >= 0.3 is 0 Å². The van der Waals surface area contributed by atoms with E-state index >= 15 is 0 Å². The number of benzene rings is 3. The van der Waals surface area contributed by atoms with Crippen LogP contribution < -0.4 is 4.90 Å². The van der Waals surface area contributed by atoms with E-state index in [1.165, 1.54) is 29.2 Å². The Labute approximate surface area is 167 Å². The fourth-order valence-electron chi connectivity index (χ4n) is 3.52. The predicted octanol–water partition coefficient (Wildman–Crippen LogP) is 4.76. The first-order chi connectivity index (χ1) is 14.0. The van der Waals surface area contributed by atoms with Crippen LogP contribution in [0.1, 0.15) is 22.7 Å². The van der Waals surface area contributed by atoms with Crippen LogP contribution in [0, 0.1) is 12.7 Å². The number of nitrogens with zero attached hydrogens (tertiary/aromatic N) is 1. The number of aliphatic hydroxyl groups is 1. The van der Waals surface area contributed by atoms with E-state index in [1.807, 2.05) is 31.2 Å². The normalized spacial score (nSPS) is 18.3. The molecule has 3 aromatic carbocycles. The molecule has 1 unspecified atom stereocenters. The van der Waals surface area contributed by atoms with Crippen LogP contribution in [0.3, 0.4) is 0 Å². The molecule has 1 amide bonds. The predicted molar refractivity (Wildman–Crippen MR) is 109 cm³/mol. The lowest BCUT2D eigenvalue weighted by atomic mass is 9.94. The number of hydrogen-bond donors (Lipinski definition) is 1. The topological polar surface area (TPSA) is 57.6 Å². The molecule has 144 valence electrons. The molecule has 1 aliphatic rings. The van der Waals surface area contributed by atoms with Crippen molar-refractivity contribution in [2.24, 2.45) is 0 Å². The molecular weight excluding hydrogens is 369 g/mol. The molecule has 3 aromatic rings. The number of amides is 1. The van der Waals surface area contributed by atoms with Crippen LogP contribution in [-0.2, 0) is 9.59 Å². The molecule has 0 aromatic heterocycles. The summed E-state index contributed by atoms with van der Waals surface area (Å²) in [7, 11) is 0. The van der Waals surface area contributed by atoms with Crippen LogP contribution in [0.4, 0.5) is 10.1 Å². The molecule has 29 heavy (non-hydrogen) atoms. The van der Waals surface area contributed by atoms with Gasteiger partial charge in [-0.2, -0.15) is 0 Å². The minimum Gasteiger partial charge on any atom is -0.507 e. The van der Waals surface area contributed by atoms with E-state index in [0.717, 1.165) is 5.56 Å². The quantitative estimate of drug-likeness (QED) is 0.400. The first-order valence-corrected chi connectivity index (χ1v) is 9.16. The van der Waals surface area contributed by atoms with Crippen molar-refractivity contribution in [3.63, 3.8) is 0 Å². The summed E-state index contributed by atoms with van der Waals surface area (Å²) in [6.45, 7) is 1.94. The van der Waals surface area contributed by atoms with E-state index in [9.17, 15) is 19.1 Å². The van der Waals surface area contributed by atoms with Gasteiger partial charge in [0.2, 0.25) is 0 Å². The third-order valence-electron chi connectivity index (χ3n) is 4.99. The Morgan fingerprint density at radius 2 is 1.52 bits per heavy atom. The van der Waals surface area contributed by atoms with E-state index in [1.54, 1.807) is 30.3 Å². The summed E-state index contributed by atoms with van der Waals surface area (Å²) in [5, 5.41) is 10.9. The van der Waals surface area contributed by atoms with Crippen LogP contribution in [0.5, 0.6) is 0 Å². The summed E-state index contributed by atoms with van der Waals surface area (Å²) in [6, 6.07) is 20.6. The summed E-state index contributed by atoms with van der Waals surface area (Å²) in [5.41, 5.74) is 2.54. The SMILES string of the molecule is Cc1ccc(C2/C(=C(/O)c3ccccc3)C(=O)C(=O)N2c2ccc(F)cc2)cc1. The first-order valence-electron chi connectivity index (χ1n) is 9.16. The average molecular weight is 387 g/mol. The molecule has 4 nitrogen and oxygen atoms in total. The highest BCUT2D eigenvalue weighted by molar-refractivity contribution is 6.51. The van der Waals surface area contributed by atoms with E-state index in [4.69, 9.17) is 0 Å². The molecule has 0 radical (unpaired) electrons. The van der Waals surface area contributed by atoms with E-state index in [0.29, 0.717) is 16.8 Å². The van der Waals surface area contributed by atoms with Gasteiger partial charge in [-0.15, -0.1) is 0 Å². The Morgan fingerprint density at radius 3 is 2.14 bits per heavy atom. The second kappa shape index (κ2) is 7.36. The summed E-state index contributed by atoms with van der Waals surface area (Å²) < 4.78 is 13.4. The van der Waals surface area contributed by atoms with Crippen LogP contribution in [0.2, 0.25) is 0 Å². The fraction of sp³-hybridized carbons (Fsp3) is 0.0833. The van der Waals surface area contributed by atoms with Crippen molar-refractivity contribution < 1.29 is 19.1 Å². The van der Waals surface area contributed by atoms with Crippen molar-refractivity contribution >= 4 is 23.1 Å². The maximum Gasteiger partial charge on any atom is 0.300 e. The lowest BCUT2D eigenvalue weighted by molar-refractivity contribution is -0.132. The summed E-state index contributed by atoms with van der Waals surface area (Å²) in [6.07, 6.45) is 0. The molecule has 1 saturated heterocycles. The average Bonchev–Trinajstić information content (AvgIpc) is 3.00. The molecule has 1 heterocycles. The maximum absolute atomic E-state index is 13.4. The molecule has 0 spiro atoms. The van der Waals surface area contributed by atoms with Gasteiger partial charge < -0.3 is 5.11 Å². The Balaban J connectivity index is 1.94. The Kier molecular flexibility index (Phi) is 4.72. The van der Waals surface area contributed by atoms with Crippen molar-refractivity contribution in [2.75, 3.05) is 4.90 Å². The van der Waals surface area contributed by atoms with Crippen LogP contribution in [0.25, 0.3) is 5.76 Å². The number of Topliss-reactive ketones (excluding diaryl/α,β-unsaturated/α-hetero) is 1. The number of aliphatic hydroxyl groups excluding tert-OH is 1. The second-order valence-electron chi connectivity index (χ2n) is 6.92. The lowest BCUT2D eigenvalue weighted by Crippen LogP contribution is -2.29. The second-order valence-corrected chi connectivity index (χ2v) is 6.92. The number of ketones is 1. The highest BCUT2D eigenvalue weighted by atomic mass is 19.1. The molecule has 1 aliphatic heterocycles. The van der Waals surface area contributed by atoms with Gasteiger partial charge in [-0.3, -0.25) is 14.5 Å². The molecule has 0 saturated carbocycles. The fourth-order valence-corrected chi connectivity index (χ4v) is 3.52. The van der Waals surface area contributed by atoms with Gasteiger partial charge in [-0.25, -0.2) is 4.39 Å². The number of halogens is 1. The van der Waals surface area contributed by atoms with Crippen molar-refractivity contribution in [3.05, 3.63) is 107 Å². The summed E-state index contributed by atoms with van der Waals surface area (Å²) in [4.78, 5) is 27.2. The highest BCUT2D eigenvalue weighted by Crippen LogP contribution is 2.42. The van der Waals surface area contributed by atoms with Gasteiger partial charge in [-0.05, 0) is 36.8 Å². The minimum absolute atomic E-state index is 0.00868. The lowest BCUT2D eigenvalue weighted by Gasteiger charge is -2.25. The van der Waals surface area contributed by atoms with Crippen LogP contribution in [0.15, 0.2) is 84.4 Å². The molecule has 4 rings (SSSR count). The van der Waals surface area contributed by atoms with E-state index in [2.05, 4.69) is 0 Å². The number of rotatable bonds is 3. The number of anilines is 1. The Bertz CT molecular complexity index is 1100. The van der Waals surface area contributed by atoms with Crippen LogP contribution in [-0.4, -0.2) is 16.8 Å². The summed E-state index contributed by atoms with van der Waals surface area (Å²) in [5.74, 6) is -2.22. The molecule has 0 aliphatic carbocycles. The Morgan fingerprint density at radius 1 is 0.897 bits per heavy atom. The van der Waals surface area contributed by atoms with Crippen LogP contribution >= 0.6 is 0 Å². The first kappa shape index (κ1) is 18.6. The van der Waals surface area contributed by atoms with E-state index in [-0.39, 0.29) is 11.3 Å². The van der Waals surface area contributed by atoms with Gasteiger partial charge in [0.15, 0.2) is 0 Å². The van der Waals surface area contributed by atoms with Gasteiger partial charge in [0.25, 0.3) is 11.7 Å². The zero-order chi connectivity index (χ0) is 20.5. The van der Waals surface area contributed by atoms with Gasteiger partial charge in [0.05, 0.1) is 11.6 Å².